The lowest BCUT2D eigenvalue weighted by molar-refractivity contribution is -0.165. The smallest absolute Gasteiger partial charge is 0.338 e. The van der Waals surface area contributed by atoms with Crippen molar-refractivity contribution in [3.8, 4) is 0 Å². The molecule has 0 spiro atoms. The summed E-state index contributed by atoms with van der Waals surface area (Å²) in [7, 11) is 1.22. The second kappa shape index (κ2) is 7.56. The van der Waals surface area contributed by atoms with E-state index >= 15 is 0 Å². The molecule has 0 radical (unpaired) electrons. The first-order chi connectivity index (χ1) is 9.42. The van der Waals surface area contributed by atoms with E-state index in [1.54, 1.807) is 4.90 Å². The fourth-order valence-corrected chi connectivity index (χ4v) is 2.11. The minimum atomic E-state index is -1.64. The summed E-state index contributed by atoms with van der Waals surface area (Å²) in [5.41, 5.74) is -1.64. The number of ether oxygens (including phenoxy) is 2. The van der Waals surface area contributed by atoms with E-state index in [4.69, 9.17) is 4.74 Å². The van der Waals surface area contributed by atoms with Gasteiger partial charge in [-0.1, -0.05) is 6.92 Å². The van der Waals surface area contributed by atoms with Gasteiger partial charge in [-0.2, -0.15) is 0 Å². The summed E-state index contributed by atoms with van der Waals surface area (Å²) in [4.78, 5) is 25.3. The molecule has 116 valence electrons. The standard InChI is InChI=1S/C13H24N2O5/c1-4-5-14-11(16)10-8-20-7-6-15(10)9-13(2,18)12(17)19-3/h10,18H,4-9H2,1-3H3,(H,14,16). The van der Waals surface area contributed by atoms with E-state index in [1.807, 2.05) is 6.92 Å². The van der Waals surface area contributed by atoms with E-state index in [9.17, 15) is 14.7 Å². The predicted molar refractivity (Wildman–Crippen MR) is 72.1 cm³/mol. The van der Waals surface area contributed by atoms with Crippen molar-refractivity contribution in [1.29, 1.82) is 0 Å². The van der Waals surface area contributed by atoms with Gasteiger partial charge in [0.05, 0.1) is 20.3 Å². The number of nitrogens with one attached hydrogen (secondary N) is 1. The normalized spacial score (nSPS) is 22.9. The third-order valence-corrected chi connectivity index (χ3v) is 3.23. The number of β-amino-alcohol motifs (C(OH)–C–C–N with tert-alkyl or cyclic N) is 1. The number of hydrogen-bond donors (Lipinski definition) is 2. The van der Waals surface area contributed by atoms with Crippen molar-refractivity contribution in [2.45, 2.75) is 31.9 Å². The summed E-state index contributed by atoms with van der Waals surface area (Å²) in [5.74, 6) is -0.857. The van der Waals surface area contributed by atoms with Gasteiger partial charge in [0, 0.05) is 19.6 Å². The first kappa shape index (κ1) is 16.9. The highest BCUT2D eigenvalue weighted by Crippen LogP contribution is 2.14. The minimum absolute atomic E-state index is 0.0350. The van der Waals surface area contributed by atoms with Gasteiger partial charge in [-0.25, -0.2) is 4.79 Å². The number of morpholine rings is 1. The Morgan fingerprint density at radius 3 is 2.85 bits per heavy atom. The van der Waals surface area contributed by atoms with Crippen LogP contribution < -0.4 is 5.32 Å². The number of carbonyl (C=O) groups is 2. The Morgan fingerprint density at radius 1 is 1.55 bits per heavy atom. The van der Waals surface area contributed by atoms with Crippen LogP contribution in [0.2, 0.25) is 0 Å². The summed E-state index contributed by atoms with van der Waals surface area (Å²) in [6.45, 7) is 5.19. The molecule has 0 bridgehead atoms. The molecule has 1 rings (SSSR count). The molecule has 0 aliphatic carbocycles. The highest BCUT2D eigenvalue weighted by molar-refractivity contribution is 5.82. The first-order valence-corrected chi connectivity index (χ1v) is 6.82. The second-order valence-electron chi connectivity index (χ2n) is 5.12. The van der Waals surface area contributed by atoms with Crippen LogP contribution in [-0.4, -0.2) is 73.5 Å². The lowest BCUT2D eigenvalue weighted by atomic mass is 10.0. The molecular formula is C13H24N2O5. The average molecular weight is 288 g/mol. The Bertz CT molecular complexity index is 346. The van der Waals surface area contributed by atoms with Crippen LogP contribution >= 0.6 is 0 Å². The summed E-state index contributed by atoms with van der Waals surface area (Å²) in [5, 5.41) is 12.9. The van der Waals surface area contributed by atoms with E-state index in [-0.39, 0.29) is 19.1 Å². The van der Waals surface area contributed by atoms with Crippen LogP contribution in [0.5, 0.6) is 0 Å². The van der Waals surface area contributed by atoms with Gasteiger partial charge in [0.15, 0.2) is 5.60 Å². The van der Waals surface area contributed by atoms with Gasteiger partial charge >= 0.3 is 5.97 Å². The van der Waals surface area contributed by atoms with E-state index in [0.717, 1.165) is 6.42 Å². The van der Waals surface area contributed by atoms with Crippen LogP contribution in [0.4, 0.5) is 0 Å². The van der Waals surface area contributed by atoms with Crippen molar-refractivity contribution < 1.29 is 24.2 Å². The molecule has 1 saturated heterocycles. The SMILES string of the molecule is CCCNC(=O)C1COCCN1CC(C)(O)C(=O)OC. The number of amides is 1. The Balaban J connectivity index is 2.69. The maximum atomic E-state index is 12.1. The van der Waals surface area contributed by atoms with Crippen molar-refractivity contribution in [1.82, 2.24) is 10.2 Å². The lowest BCUT2D eigenvalue weighted by Crippen LogP contribution is -2.59. The number of carbonyl (C=O) groups excluding carboxylic acids is 2. The number of rotatable bonds is 6. The van der Waals surface area contributed by atoms with Gasteiger partial charge in [0.25, 0.3) is 0 Å². The third-order valence-electron chi connectivity index (χ3n) is 3.23. The monoisotopic (exact) mass is 288 g/mol. The zero-order valence-electron chi connectivity index (χ0n) is 12.3. The van der Waals surface area contributed by atoms with E-state index in [1.165, 1.54) is 14.0 Å². The molecular weight excluding hydrogens is 264 g/mol. The molecule has 7 nitrogen and oxygen atoms in total. The first-order valence-electron chi connectivity index (χ1n) is 6.82. The molecule has 2 atom stereocenters. The highest BCUT2D eigenvalue weighted by atomic mass is 16.5. The maximum Gasteiger partial charge on any atom is 0.338 e. The van der Waals surface area contributed by atoms with Crippen molar-refractivity contribution in [2.24, 2.45) is 0 Å². The van der Waals surface area contributed by atoms with Gasteiger partial charge in [-0.15, -0.1) is 0 Å². The zero-order valence-corrected chi connectivity index (χ0v) is 12.3. The number of aliphatic hydroxyl groups is 1. The molecule has 1 aliphatic heterocycles. The van der Waals surface area contributed by atoms with Gasteiger partial charge in [-0.3, -0.25) is 9.69 Å². The van der Waals surface area contributed by atoms with Crippen molar-refractivity contribution in [3.63, 3.8) is 0 Å². The molecule has 1 amide bonds. The number of nitrogens with zero attached hydrogens (tertiary/aromatic N) is 1. The third kappa shape index (κ3) is 4.43. The molecule has 0 aromatic rings. The average Bonchev–Trinajstić information content (AvgIpc) is 2.43. The van der Waals surface area contributed by atoms with Crippen LogP contribution in [0.1, 0.15) is 20.3 Å². The molecule has 0 aromatic carbocycles. The lowest BCUT2D eigenvalue weighted by Gasteiger charge is -2.37. The van der Waals surface area contributed by atoms with Gasteiger partial charge in [0.2, 0.25) is 5.91 Å². The van der Waals surface area contributed by atoms with E-state index in [2.05, 4.69) is 10.1 Å². The summed E-state index contributed by atoms with van der Waals surface area (Å²) in [6, 6.07) is -0.494. The van der Waals surface area contributed by atoms with Crippen LogP contribution in [0.3, 0.4) is 0 Å². The minimum Gasteiger partial charge on any atom is -0.467 e. The Kier molecular flexibility index (Phi) is 6.38. The van der Waals surface area contributed by atoms with Gasteiger partial charge in [0.1, 0.15) is 6.04 Å². The molecule has 2 unspecified atom stereocenters. The summed E-state index contributed by atoms with van der Waals surface area (Å²) >= 11 is 0. The van der Waals surface area contributed by atoms with Crippen molar-refractivity contribution in [2.75, 3.05) is 40.0 Å². The Hall–Kier alpha value is -1.18. The number of esters is 1. The quantitative estimate of drug-likeness (QED) is 0.618. The van der Waals surface area contributed by atoms with Crippen molar-refractivity contribution in [3.05, 3.63) is 0 Å². The number of hydrogen-bond acceptors (Lipinski definition) is 6. The topological polar surface area (TPSA) is 88.1 Å². The van der Waals surface area contributed by atoms with Gasteiger partial charge in [-0.05, 0) is 13.3 Å². The molecule has 7 heteroatoms. The van der Waals surface area contributed by atoms with Crippen LogP contribution in [-0.2, 0) is 19.1 Å². The van der Waals surface area contributed by atoms with Crippen LogP contribution in [0.15, 0.2) is 0 Å². The van der Waals surface area contributed by atoms with Crippen LogP contribution in [0.25, 0.3) is 0 Å². The molecule has 0 aromatic heterocycles. The fraction of sp³-hybridized carbons (Fsp3) is 0.846. The van der Waals surface area contributed by atoms with E-state index < -0.39 is 17.6 Å². The Labute approximate surface area is 119 Å². The van der Waals surface area contributed by atoms with Gasteiger partial charge < -0.3 is 19.9 Å². The molecule has 0 saturated carbocycles. The van der Waals surface area contributed by atoms with Crippen LogP contribution in [0, 0.1) is 0 Å². The largest absolute Gasteiger partial charge is 0.467 e. The highest BCUT2D eigenvalue weighted by Gasteiger charge is 2.38. The fourth-order valence-electron chi connectivity index (χ4n) is 2.11. The molecule has 20 heavy (non-hydrogen) atoms. The van der Waals surface area contributed by atoms with Crippen molar-refractivity contribution >= 4 is 11.9 Å². The molecule has 2 N–H and O–H groups in total. The second-order valence-corrected chi connectivity index (χ2v) is 5.12. The summed E-state index contributed by atoms with van der Waals surface area (Å²) in [6.07, 6.45) is 0.846. The van der Waals surface area contributed by atoms with E-state index in [0.29, 0.717) is 19.7 Å². The molecule has 1 aliphatic rings. The Morgan fingerprint density at radius 2 is 2.25 bits per heavy atom. The zero-order chi connectivity index (χ0) is 15.2. The molecule has 1 fully saturated rings. The maximum absolute atomic E-state index is 12.1. The molecule has 1 heterocycles. The predicted octanol–water partition coefficient (Wildman–Crippen LogP) is -0.863. The summed E-state index contributed by atoms with van der Waals surface area (Å²) < 4.78 is 9.88. The number of methoxy groups -OCH3 is 1.